The molecule has 2 heterocycles. The summed E-state index contributed by atoms with van der Waals surface area (Å²) >= 11 is 3.45. The Morgan fingerprint density at radius 2 is 2.18 bits per heavy atom. The summed E-state index contributed by atoms with van der Waals surface area (Å²) in [5.74, 6) is 1.19. The van der Waals surface area contributed by atoms with Crippen molar-refractivity contribution in [1.29, 1.82) is 0 Å². The first kappa shape index (κ1) is 16.0. The molecule has 7 heteroatoms. The minimum atomic E-state index is -0.515. The van der Waals surface area contributed by atoms with E-state index in [1.165, 1.54) is 13.5 Å². The summed E-state index contributed by atoms with van der Waals surface area (Å²) in [6.45, 7) is 1.75. The summed E-state index contributed by atoms with van der Waals surface area (Å²) in [5, 5.41) is 3.49. The molecule has 0 amide bonds. The highest BCUT2D eigenvalue weighted by molar-refractivity contribution is 9.10. The number of imidazole rings is 1. The number of hydrogen-bond acceptors (Lipinski definition) is 5. The smallest absolute Gasteiger partial charge is 0.331 e. The van der Waals surface area contributed by atoms with Crippen molar-refractivity contribution < 1.29 is 14.3 Å². The van der Waals surface area contributed by atoms with Crippen molar-refractivity contribution in [3.63, 3.8) is 0 Å². The van der Waals surface area contributed by atoms with Gasteiger partial charge in [-0.05, 0) is 28.8 Å². The molecule has 1 aliphatic heterocycles. The van der Waals surface area contributed by atoms with E-state index in [1.54, 1.807) is 0 Å². The van der Waals surface area contributed by atoms with Gasteiger partial charge in [0.15, 0.2) is 0 Å². The predicted molar refractivity (Wildman–Crippen MR) is 84.3 cm³/mol. The Balaban J connectivity index is 2.01. The molecule has 1 aliphatic carbocycles. The van der Waals surface area contributed by atoms with E-state index >= 15 is 0 Å². The fourth-order valence-corrected chi connectivity index (χ4v) is 4.48. The zero-order valence-electron chi connectivity index (χ0n) is 13.0. The number of hydrogen-bond donors (Lipinski definition) is 1. The molecule has 1 aromatic heterocycles. The highest BCUT2D eigenvalue weighted by atomic mass is 79.9. The number of esters is 1. The van der Waals surface area contributed by atoms with E-state index in [1.807, 2.05) is 17.8 Å². The van der Waals surface area contributed by atoms with E-state index < -0.39 is 5.60 Å². The first-order valence-corrected chi connectivity index (χ1v) is 8.48. The van der Waals surface area contributed by atoms with Gasteiger partial charge < -0.3 is 19.4 Å². The molecule has 6 nitrogen and oxygen atoms in total. The number of aromatic nitrogens is 2. The van der Waals surface area contributed by atoms with Crippen molar-refractivity contribution in [2.75, 3.05) is 26.8 Å². The molecule has 1 saturated carbocycles. The lowest BCUT2D eigenvalue weighted by molar-refractivity contribution is -0.187. The second kappa shape index (κ2) is 6.29. The molecule has 2 aliphatic rings. The summed E-state index contributed by atoms with van der Waals surface area (Å²) in [6, 6.07) is 0. The number of carbonyl (C=O) groups excluding carboxylic acids is 1. The van der Waals surface area contributed by atoms with Gasteiger partial charge >= 0.3 is 5.97 Å². The normalized spacial score (nSPS) is 31.0. The van der Waals surface area contributed by atoms with Crippen LogP contribution in [0.4, 0.5) is 0 Å². The maximum Gasteiger partial charge on any atom is 0.331 e. The molecule has 3 rings (SSSR count). The maximum atomic E-state index is 11.6. The van der Waals surface area contributed by atoms with Gasteiger partial charge in [-0.2, -0.15) is 0 Å². The highest BCUT2D eigenvalue weighted by Gasteiger charge is 2.54. The lowest BCUT2D eigenvalue weighted by atomic mass is 9.65. The van der Waals surface area contributed by atoms with E-state index in [9.17, 15) is 4.79 Å². The van der Waals surface area contributed by atoms with Crippen LogP contribution in [0.5, 0.6) is 0 Å². The maximum absolute atomic E-state index is 11.6. The van der Waals surface area contributed by atoms with Gasteiger partial charge in [0.25, 0.3) is 0 Å². The number of piperidine rings is 1. The molecule has 0 spiro atoms. The lowest BCUT2D eigenvalue weighted by Crippen LogP contribution is -2.59. The van der Waals surface area contributed by atoms with Crippen LogP contribution in [-0.4, -0.2) is 42.3 Å². The van der Waals surface area contributed by atoms with Crippen LogP contribution in [0.15, 0.2) is 10.8 Å². The van der Waals surface area contributed by atoms with E-state index in [2.05, 4.69) is 26.2 Å². The molecule has 1 aromatic rings. The average Bonchev–Trinajstić information content (AvgIpc) is 2.83. The van der Waals surface area contributed by atoms with Crippen molar-refractivity contribution in [3.05, 3.63) is 16.6 Å². The van der Waals surface area contributed by atoms with Crippen molar-refractivity contribution in [2.24, 2.45) is 18.9 Å². The Bertz CT molecular complexity index is 538. The molecule has 1 N–H and O–H groups in total. The van der Waals surface area contributed by atoms with Gasteiger partial charge in [0, 0.05) is 38.2 Å². The van der Waals surface area contributed by atoms with Crippen molar-refractivity contribution >= 4 is 21.9 Å². The van der Waals surface area contributed by atoms with Gasteiger partial charge in [-0.1, -0.05) is 6.42 Å². The van der Waals surface area contributed by atoms with Crippen molar-refractivity contribution in [3.8, 4) is 0 Å². The third-order valence-corrected chi connectivity index (χ3v) is 5.33. The first-order chi connectivity index (χ1) is 10.6. The number of nitrogens with one attached hydrogen (secondary N) is 1. The van der Waals surface area contributed by atoms with Crippen LogP contribution in [0.1, 0.15) is 25.1 Å². The molecular formula is C15H22BrN3O3. The largest absolute Gasteiger partial charge is 0.467 e. The molecule has 22 heavy (non-hydrogen) atoms. The summed E-state index contributed by atoms with van der Waals surface area (Å²) in [7, 11) is 3.37. The van der Waals surface area contributed by atoms with Crippen LogP contribution in [0.25, 0.3) is 0 Å². The average molecular weight is 372 g/mol. The van der Waals surface area contributed by atoms with Crippen LogP contribution in [0.3, 0.4) is 0 Å². The standard InChI is InChI=1S/C15H22BrN3O3/c1-19-8-12(16)18-14(19)15(22-9-13(20)21-2)10-4-3-5-11(15)7-17-6-10/h8,10-11,17H,3-7,9H2,1-2H3. The molecule has 2 atom stereocenters. The van der Waals surface area contributed by atoms with Crippen LogP contribution in [0.2, 0.25) is 0 Å². The highest BCUT2D eigenvalue weighted by Crippen LogP contribution is 2.49. The van der Waals surface area contributed by atoms with Crippen LogP contribution in [0, 0.1) is 11.8 Å². The molecule has 2 unspecified atom stereocenters. The number of aryl methyl sites for hydroxylation is 1. The summed E-state index contributed by atoms with van der Waals surface area (Å²) in [6.07, 6.45) is 5.30. The zero-order chi connectivity index (χ0) is 15.7. The zero-order valence-corrected chi connectivity index (χ0v) is 14.6. The Morgan fingerprint density at radius 3 is 2.73 bits per heavy atom. The molecule has 1 saturated heterocycles. The Labute approximate surface area is 138 Å². The monoisotopic (exact) mass is 371 g/mol. The minimum absolute atomic E-state index is 0.0338. The van der Waals surface area contributed by atoms with Crippen LogP contribution >= 0.6 is 15.9 Å². The second-order valence-corrected chi connectivity index (χ2v) is 6.95. The van der Waals surface area contributed by atoms with E-state index in [0.717, 1.165) is 36.4 Å². The van der Waals surface area contributed by atoms with Gasteiger partial charge in [0.2, 0.25) is 0 Å². The Morgan fingerprint density at radius 1 is 1.50 bits per heavy atom. The van der Waals surface area contributed by atoms with Gasteiger partial charge in [-0.3, -0.25) is 0 Å². The summed E-state index contributed by atoms with van der Waals surface area (Å²) < 4.78 is 13.8. The first-order valence-electron chi connectivity index (χ1n) is 7.68. The Hall–Kier alpha value is -0.920. The number of nitrogens with zero attached hydrogens (tertiary/aromatic N) is 2. The predicted octanol–water partition coefficient (Wildman–Crippen LogP) is 1.59. The summed E-state index contributed by atoms with van der Waals surface area (Å²) in [4.78, 5) is 16.3. The Kier molecular flexibility index (Phi) is 4.56. The van der Waals surface area contributed by atoms with Gasteiger partial charge in [-0.15, -0.1) is 0 Å². The molecule has 2 bridgehead atoms. The fraction of sp³-hybridized carbons (Fsp3) is 0.733. The number of halogens is 1. The van der Waals surface area contributed by atoms with Crippen molar-refractivity contribution in [1.82, 2.24) is 14.9 Å². The van der Waals surface area contributed by atoms with Crippen LogP contribution in [-0.2, 0) is 26.9 Å². The molecular weight excluding hydrogens is 350 g/mol. The quantitative estimate of drug-likeness (QED) is 0.814. The minimum Gasteiger partial charge on any atom is -0.467 e. The molecule has 0 radical (unpaired) electrons. The van der Waals surface area contributed by atoms with E-state index in [4.69, 9.17) is 9.47 Å². The third-order valence-electron chi connectivity index (χ3n) is 4.95. The third kappa shape index (κ3) is 2.59. The lowest BCUT2D eigenvalue weighted by Gasteiger charge is -2.51. The van der Waals surface area contributed by atoms with Crippen LogP contribution < -0.4 is 5.32 Å². The van der Waals surface area contributed by atoms with E-state index in [-0.39, 0.29) is 12.6 Å². The molecule has 2 fully saturated rings. The second-order valence-electron chi connectivity index (χ2n) is 6.14. The van der Waals surface area contributed by atoms with Crippen molar-refractivity contribution in [2.45, 2.75) is 24.9 Å². The molecule has 122 valence electrons. The fourth-order valence-electron chi connectivity index (χ4n) is 4.01. The number of carbonyl (C=O) groups is 1. The molecule has 0 aromatic carbocycles. The SMILES string of the molecule is COC(=O)COC1(c2nc(Br)cn2C)C2CCCC1CNC2. The number of fused-ring (bicyclic) bond motifs is 2. The van der Waals surface area contributed by atoms with Gasteiger partial charge in [-0.25, -0.2) is 9.78 Å². The summed E-state index contributed by atoms with van der Waals surface area (Å²) in [5.41, 5.74) is -0.515. The van der Waals surface area contributed by atoms with Gasteiger partial charge in [0.1, 0.15) is 22.6 Å². The number of ether oxygens (including phenoxy) is 2. The number of methoxy groups -OCH3 is 1. The van der Waals surface area contributed by atoms with E-state index in [0.29, 0.717) is 11.8 Å². The van der Waals surface area contributed by atoms with Gasteiger partial charge in [0.05, 0.1) is 7.11 Å². The number of rotatable bonds is 4. The topological polar surface area (TPSA) is 65.4 Å².